The molecule has 2 rings (SSSR count). The van der Waals surface area contributed by atoms with Gasteiger partial charge in [-0.25, -0.2) is 9.37 Å². The minimum atomic E-state index is -0.513. The lowest BCUT2D eigenvalue weighted by Crippen LogP contribution is -2.14. The predicted molar refractivity (Wildman–Crippen MR) is 66.3 cm³/mol. The molecular weight excluding hydrogens is 235 g/mol. The molecule has 94 valence electrons. The summed E-state index contributed by atoms with van der Waals surface area (Å²) in [4.78, 5) is 18.4. The molecule has 4 nitrogen and oxygen atoms in total. The van der Waals surface area contributed by atoms with Crippen LogP contribution in [-0.2, 0) is 0 Å². The molecule has 0 spiro atoms. The highest BCUT2D eigenvalue weighted by Crippen LogP contribution is 2.28. The molecule has 0 aliphatic carbocycles. The fourth-order valence-corrected chi connectivity index (χ4v) is 1.76. The Morgan fingerprint density at radius 3 is 2.72 bits per heavy atom. The first-order valence-corrected chi connectivity index (χ1v) is 5.45. The normalized spacial score (nSPS) is 10.4. The van der Waals surface area contributed by atoms with Crippen molar-refractivity contribution in [3.05, 3.63) is 45.8 Å². The largest absolute Gasteiger partial charge is 0.494 e. The summed E-state index contributed by atoms with van der Waals surface area (Å²) in [7, 11) is 1.39. The molecule has 0 aliphatic rings. The van der Waals surface area contributed by atoms with Gasteiger partial charge in [-0.1, -0.05) is 6.07 Å². The average Bonchev–Trinajstić information content (AvgIpc) is 2.34. The van der Waals surface area contributed by atoms with Gasteiger partial charge < -0.3 is 9.72 Å². The van der Waals surface area contributed by atoms with Crippen molar-refractivity contribution in [3.8, 4) is 17.0 Å². The minimum Gasteiger partial charge on any atom is -0.494 e. The third kappa shape index (κ3) is 1.99. The molecule has 0 radical (unpaired) electrons. The third-order valence-electron chi connectivity index (χ3n) is 2.71. The van der Waals surface area contributed by atoms with Crippen LogP contribution in [-0.4, -0.2) is 17.1 Å². The fraction of sp³-hybridized carbons (Fsp3) is 0.231. The lowest BCUT2D eigenvalue weighted by atomic mass is 10.1. The smallest absolute Gasteiger partial charge is 0.254 e. The maximum Gasteiger partial charge on any atom is 0.254 e. The minimum absolute atomic E-state index is 0.131. The number of benzene rings is 1. The molecule has 0 saturated heterocycles. The number of hydrogen-bond donors (Lipinski definition) is 1. The Kier molecular flexibility index (Phi) is 3.14. The number of hydrogen-bond acceptors (Lipinski definition) is 3. The number of methoxy groups -OCH3 is 1. The zero-order chi connectivity index (χ0) is 13.3. The number of halogens is 1. The van der Waals surface area contributed by atoms with E-state index in [0.29, 0.717) is 17.1 Å². The van der Waals surface area contributed by atoms with Crippen LogP contribution in [0.3, 0.4) is 0 Å². The van der Waals surface area contributed by atoms with E-state index >= 15 is 0 Å². The van der Waals surface area contributed by atoms with Gasteiger partial charge in [0.25, 0.3) is 5.56 Å². The summed E-state index contributed by atoms with van der Waals surface area (Å²) in [6, 6.07) is 4.76. The lowest BCUT2D eigenvalue weighted by Gasteiger charge is -2.09. The van der Waals surface area contributed by atoms with Gasteiger partial charge in [-0.05, 0) is 26.0 Å². The number of aryl methyl sites for hydroxylation is 1. The Bertz CT molecular complexity index is 650. The lowest BCUT2D eigenvalue weighted by molar-refractivity contribution is 0.387. The van der Waals surface area contributed by atoms with Gasteiger partial charge in [-0.2, -0.15) is 0 Å². The summed E-state index contributed by atoms with van der Waals surface area (Å²) in [6.07, 6.45) is 0. The molecule has 0 atom stereocenters. The fourth-order valence-electron chi connectivity index (χ4n) is 1.76. The first-order chi connectivity index (χ1) is 8.54. The second kappa shape index (κ2) is 4.60. The van der Waals surface area contributed by atoms with Gasteiger partial charge in [-0.15, -0.1) is 0 Å². The molecule has 0 unspecified atom stereocenters. The van der Waals surface area contributed by atoms with Crippen LogP contribution in [0.1, 0.15) is 11.4 Å². The first kappa shape index (κ1) is 12.3. The van der Waals surface area contributed by atoms with E-state index in [2.05, 4.69) is 9.97 Å². The average molecular weight is 248 g/mol. The SMILES string of the molecule is COc1cccc(-c2nc(C)[nH]c(=O)c2C)c1F. The number of nitrogens with zero attached hydrogens (tertiary/aromatic N) is 1. The topological polar surface area (TPSA) is 55.0 Å². The molecule has 1 N–H and O–H groups in total. The molecule has 0 amide bonds. The van der Waals surface area contributed by atoms with Crippen LogP contribution >= 0.6 is 0 Å². The van der Waals surface area contributed by atoms with Crippen molar-refractivity contribution in [3.63, 3.8) is 0 Å². The predicted octanol–water partition coefficient (Wildman–Crippen LogP) is 2.20. The zero-order valence-corrected chi connectivity index (χ0v) is 10.4. The van der Waals surface area contributed by atoms with Gasteiger partial charge >= 0.3 is 0 Å². The Morgan fingerprint density at radius 2 is 2.06 bits per heavy atom. The van der Waals surface area contributed by atoms with Crippen LogP contribution in [0.5, 0.6) is 5.75 Å². The van der Waals surface area contributed by atoms with E-state index in [-0.39, 0.29) is 16.9 Å². The van der Waals surface area contributed by atoms with Crippen LogP contribution in [0.4, 0.5) is 4.39 Å². The number of nitrogens with one attached hydrogen (secondary N) is 1. The zero-order valence-electron chi connectivity index (χ0n) is 10.4. The number of H-pyrrole nitrogens is 1. The van der Waals surface area contributed by atoms with Crippen molar-refractivity contribution in [1.29, 1.82) is 0 Å². The van der Waals surface area contributed by atoms with Crippen molar-refractivity contribution >= 4 is 0 Å². The molecule has 18 heavy (non-hydrogen) atoms. The van der Waals surface area contributed by atoms with Crippen LogP contribution < -0.4 is 10.3 Å². The van der Waals surface area contributed by atoms with Crippen LogP contribution in [0.25, 0.3) is 11.3 Å². The van der Waals surface area contributed by atoms with Crippen molar-refractivity contribution in [1.82, 2.24) is 9.97 Å². The summed E-state index contributed by atoms with van der Waals surface area (Å²) in [5.41, 5.74) is 0.723. The Morgan fingerprint density at radius 1 is 1.33 bits per heavy atom. The molecule has 5 heteroatoms. The Balaban J connectivity index is 2.73. The number of aromatic amines is 1. The quantitative estimate of drug-likeness (QED) is 0.886. The van der Waals surface area contributed by atoms with Crippen molar-refractivity contribution in [2.45, 2.75) is 13.8 Å². The summed E-state index contributed by atoms with van der Waals surface area (Å²) in [5.74, 6) is 0.0649. The van der Waals surface area contributed by atoms with Gasteiger partial charge in [0.05, 0.1) is 12.8 Å². The van der Waals surface area contributed by atoms with E-state index in [1.165, 1.54) is 13.2 Å². The Labute approximate surface area is 103 Å². The molecule has 2 aromatic rings. The molecule has 1 heterocycles. The van der Waals surface area contributed by atoms with Gasteiger partial charge in [0.2, 0.25) is 0 Å². The van der Waals surface area contributed by atoms with E-state index in [9.17, 15) is 9.18 Å². The van der Waals surface area contributed by atoms with Crippen molar-refractivity contribution in [2.24, 2.45) is 0 Å². The van der Waals surface area contributed by atoms with Crippen LogP contribution in [0.15, 0.2) is 23.0 Å². The summed E-state index contributed by atoms with van der Waals surface area (Å²) >= 11 is 0. The molecule has 0 fully saturated rings. The summed E-state index contributed by atoms with van der Waals surface area (Å²) in [5, 5.41) is 0. The number of rotatable bonds is 2. The van der Waals surface area contributed by atoms with Gasteiger partial charge in [-0.3, -0.25) is 4.79 Å². The number of ether oxygens (including phenoxy) is 1. The summed E-state index contributed by atoms with van der Waals surface area (Å²) in [6.45, 7) is 3.27. The van der Waals surface area contributed by atoms with Crippen LogP contribution in [0.2, 0.25) is 0 Å². The van der Waals surface area contributed by atoms with E-state index in [1.54, 1.807) is 26.0 Å². The summed E-state index contributed by atoms with van der Waals surface area (Å²) < 4.78 is 19.0. The molecule has 1 aromatic heterocycles. The maximum absolute atomic E-state index is 14.1. The second-order valence-corrected chi connectivity index (χ2v) is 3.95. The van der Waals surface area contributed by atoms with E-state index in [0.717, 1.165) is 0 Å². The Hall–Kier alpha value is -2.17. The molecular formula is C13H13FN2O2. The first-order valence-electron chi connectivity index (χ1n) is 5.45. The highest BCUT2D eigenvalue weighted by molar-refractivity contribution is 5.65. The van der Waals surface area contributed by atoms with Gasteiger partial charge in [0, 0.05) is 11.1 Å². The molecule has 0 bridgehead atoms. The van der Waals surface area contributed by atoms with Crippen molar-refractivity contribution < 1.29 is 9.13 Å². The standard InChI is InChI=1S/C13H13FN2O2/c1-7-12(15-8(2)16-13(7)17)9-5-4-6-10(18-3)11(9)14/h4-6H,1-3H3,(H,15,16,17). The maximum atomic E-state index is 14.1. The van der Waals surface area contributed by atoms with Gasteiger partial charge in [0.1, 0.15) is 5.82 Å². The monoisotopic (exact) mass is 248 g/mol. The van der Waals surface area contributed by atoms with Crippen molar-refractivity contribution in [2.75, 3.05) is 7.11 Å². The van der Waals surface area contributed by atoms with Crippen LogP contribution in [0, 0.1) is 19.7 Å². The number of aromatic nitrogens is 2. The molecule has 1 aromatic carbocycles. The third-order valence-corrected chi connectivity index (χ3v) is 2.71. The highest BCUT2D eigenvalue weighted by Gasteiger charge is 2.15. The highest BCUT2D eigenvalue weighted by atomic mass is 19.1. The molecule has 0 aliphatic heterocycles. The van der Waals surface area contributed by atoms with Gasteiger partial charge in [0.15, 0.2) is 11.6 Å². The van der Waals surface area contributed by atoms with E-state index in [4.69, 9.17) is 4.74 Å². The second-order valence-electron chi connectivity index (χ2n) is 3.95. The van der Waals surface area contributed by atoms with E-state index < -0.39 is 5.82 Å². The molecule has 0 saturated carbocycles. The van der Waals surface area contributed by atoms with E-state index in [1.807, 2.05) is 0 Å².